The fourth-order valence-corrected chi connectivity index (χ4v) is 6.27. The van der Waals surface area contributed by atoms with Crippen molar-refractivity contribution in [3.05, 3.63) is 48.6 Å². The van der Waals surface area contributed by atoms with Gasteiger partial charge in [-0.2, -0.15) is 0 Å². The van der Waals surface area contributed by atoms with Gasteiger partial charge >= 0.3 is 19.8 Å². The molecule has 0 bridgehead atoms. The number of esters is 2. The number of hydrogen-bond donors (Lipinski definition) is 1. The number of unbranched alkanes of at least 4 members (excludes halogenated alkanes) is 18. The quantitative estimate of drug-likeness (QED) is 0.0287. The molecular weight excluding hydrogens is 675 g/mol. The lowest BCUT2D eigenvalue weighted by atomic mass is 10.1. The Morgan fingerprint density at radius 2 is 0.923 bits per heavy atom. The highest BCUT2D eigenvalue weighted by molar-refractivity contribution is 7.47. The first-order valence-electron chi connectivity index (χ1n) is 20.9. The Hall–Kier alpha value is -1.99. The van der Waals surface area contributed by atoms with Crippen LogP contribution in [0.4, 0.5) is 0 Å². The summed E-state index contributed by atoms with van der Waals surface area (Å²) in [5, 5.41) is 0. The average Bonchev–Trinajstić information content (AvgIpc) is 3.12. The van der Waals surface area contributed by atoms with Gasteiger partial charge < -0.3 is 14.4 Å². The van der Waals surface area contributed by atoms with Gasteiger partial charge in [0, 0.05) is 12.8 Å². The van der Waals surface area contributed by atoms with Crippen LogP contribution in [0, 0.1) is 0 Å². The van der Waals surface area contributed by atoms with E-state index in [1.54, 1.807) is 6.92 Å². The molecule has 0 aliphatic carbocycles. The molecule has 9 heteroatoms. The van der Waals surface area contributed by atoms with Crippen molar-refractivity contribution < 1.29 is 37.6 Å². The molecule has 0 spiro atoms. The van der Waals surface area contributed by atoms with Gasteiger partial charge in [-0.25, -0.2) is 4.57 Å². The first-order valence-corrected chi connectivity index (χ1v) is 22.4. The van der Waals surface area contributed by atoms with Gasteiger partial charge in [0.25, 0.3) is 0 Å². The summed E-state index contributed by atoms with van der Waals surface area (Å²) in [5.74, 6) is -0.831. The molecule has 302 valence electrons. The van der Waals surface area contributed by atoms with Crippen molar-refractivity contribution in [2.45, 2.75) is 194 Å². The van der Waals surface area contributed by atoms with Gasteiger partial charge in [-0.1, -0.05) is 140 Å². The van der Waals surface area contributed by atoms with Gasteiger partial charge in [0.1, 0.15) is 6.61 Å². The molecule has 0 aromatic rings. The van der Waals surface area contributed by atoms with E-state index < -0.39 is 26.5 Å². The zero-order chi connectivity index (χ0) is 38.2. The third-order valence-electron chi connectivity index (χ3n) is 8.61. The minimum atomic E-state index is -4.29. The Morgan fingerprint density at radius 1 is 0.519 bits per heavy atom. The Kier molecular flexibility index (Phi) is 37.2. The molecule has 0 heterocycles. The maximum Gasteiger partial charge on any atom is 0.472 e. The number of hydrogen-bond acceptors (Lipinski definition) is 7. The standard InChI is InChI=1S/C43H77O8P/c1-4-7-9-11-13-15-17-19-21-23-25-27-29-31-33-35-37-42(44)48-39-41(40-50-52(46,47)49-6-3)51-43(45)38-36-34-32-30-28-26-24-22-20-18-16-14-12-10-8-5-2/h15-18,21-24,41H,4-14,19-20,25-40H2,1-3H3,(H,46,47)/b17-15-,18-16-,23-21-,24-22-. The van der Waals surface area contributed by atoms with Crippen molar-refractivity contribution in [2.75, 3.05) is 19.8 Å². The van der Waals surface area contributed by atoms with Crippen molar-refractivity contribution in [3.63, 3.8) is 0 Å². The number of rotatable bonds is 38. The predicted octanol–water partition coefficient (Wildman–Crippen LogP) is 13.0. The highest BCUT2D eigenvalue weighted by atomic mass is 31.2. The summed E-state index contributed by atoms with van der Waals surface area (Å²) in [5.41, 5.74) is 0. The van der Waals surface area contributed by atoms with Crippen LogP contribution in [-0.4, -0.2) is 42.8 Å². The van der Waals surface area contributed by atoms with Gasteiger partial charge in [0.15, 0.2) is 6.10 Å². The molecule has 0 saturated carbocycles. The Morgan fingerprint density at radius 3 is 1.37 bits per heavy atom. The second-order valence-corrected chi connectivity index (χ2v) is 15.1. The van der Waals surface area contributed by atoms with Crippen LogP contribution in [-0.2, 0) is 32.7 Å². The van der Waals surface area contributed by atoms with Crippen LogP contribution in [0.2, 0.25) is 0 Å². The Balaban J connectivity index is 4.16. The average molecular weight is 753 g/mol. The van der Waals surface area contributed by atoms with Gasteiger partial charge in [-0.3, -0.25) is 18.6 Å². The molecule has 0 aromatic heterocycles. The summed E-state index contributed by atoms with van der Waals surface area (Å²) in [7, 11) is -4.29. The fourth-order valence-electron chi connectivity index (χ4n) is 5.51. The molecule has 0 aromatic carbocycles. The van der Waals surface area contributed by atoms with Gasteiger partial charge in [-0.15, -0.1) is 0 Å². The van der Waals surface area contributed by atoms with Crippen molar-refractivity contribution in [1.82, 2.24) is 0 Å². The zero-order valence-corrected chi connectivity index (χ0v) is 34.3. The third-order valence-corrected chi connectivity index (χ3v) is 9.67. The molecule has 52 heavy (non-hydrogen) atoms. The molecule has 0 fully saturated rings. The van der Waals surface area contributed by atoms with Gasteiger partial charge in [-0.05, 0) is 84.0 Å². The van der Waals surface area contributed by atoms with Crippen LogP contribution in [0.15, 0.2) is 48.6 Å². The van der Waals surface area contributed by atoms with E-state index in [1.807, 2.05) is 0 Å². The summed E-state index contributed by atoms with van der Waals surface area (Å²) in [4.78, 5) is 34.7. The van der Waals surface area contributed by atoms with E-state index >= 15 is 0 Å². The van der Waals surface area contributed by atoms with E-state index in [0.717, 1.165) is 83.5 Å². The van der Waals surface area contributed by atoms with Crippen LogP contribution >= 0.6 is 7.82 Å². The lowest BCUT2D eigenvalue weighted by Crippen LogP contribution is -2.29. The summed E-state index contributed by atoms with van der Waals surface area (Å²) in [6.45, 7) is 5.40. The minimum Gasteiger partial charge on any atom is -0.462 e. The van der Waals surface area contributed by atoms with Crippen molar-refractivity contribution in [1.29, 1.82) is 0 Å². The smallest absolute Gasteiger partial charge is 0.462 e. The molecule has 0 amide bonds. The molecule has 2 unspecified atom stereocenters. The maximum absolute atomic E-state index is 12.5. The lowest BCUT2D eigenvalue weighted by molar-refractivity contribution is -0.161. The topological polar surface area (TPSA) is 108 Å². The molecular formula is C43H77O8P. The molecule has 0 rings (SSSR count). The van der Waals surface area contributed by atoms with E-state index in [-0.39, 0.29) is 32.0 Å². The number of carbonyl (C=O) groups excluding carboxylic acids is 2. The molecule has 0 saturated heterocycles. The van der Waals surface area contributed by atoms with Crippen LogP contribution in [0.5, 0.6) is 0 Å². The number of phosphoric ester groups is 1. The fraction of sp³-hybridized carbons (Fsp3) is 0.767. The lowest BCUT2D eigenvalue weighted by Gasteiger charge is -2.19. The third kappa shape index (κ3) is 37.8. The maximum atomic E-state index is 12.5. The molecule has 2 atom stereocenters. The normalized spacial score (nSPS) is 13.8. The Labute approximate surface area is 318 Å². The van der Waals surface area contributed by atoms with Crippen LogP contribution < -0.4 is 0 Å². The second kappa shape index (κ2) is 38.7. The SMILES string of the molecule is CCCCCC/C=C\C/C=C\CCCCCCCC(=O)OCC(COP(=O)(O)OCC)OC(=O)CCCCCCC/C=C\C/C=C\CCCCCC. The summed E-state index contributed by atoms with van der Waals surface area (Å²) in [6, 6.07) is 0. The van der Waals surface area contributed by atoms with E-state index in [9.17, 15) is 19.0 Å². The Bertz CT molecular complexity index is 990. The van der Waals surface area contributed by atoms with E-state index in [0.29, 0.717) is 6.42 Å². The highest BCUT2D eigenvalue weighted by Crippen LogP contribution is 2.43. The van der Waals surface area contributed by atoms with Crippen molar-refractivity contribution in [3.8, 4) is 0 Å². The molecule has 0 aliphatic rings. The van der Waals surface area contributed by atoms with E-state index in [2.05, 4.69) is 62.5 Å². The minimum absolute atomic E-state index is 0.00624. The summed E-state index contributed by atoms with van der Waals surface area (Å²) in [6.07, 6.45) is 44.4. The first-order chi connectivity index (χ1) is 25.3. The largest absolute Gasteiger partial charge is 0.472 e. The van der Waals surface area contributed by atoms with Crippen LogP contribution in [0.25, 0.3) is 0 Å². The van der Waals surface area contributed by atoms with Crippen molar-refractivity contribution >= 4 is 19.8 Å². The monoisotopic (exact) mass is 753 g/mol. The summed E-state index contributed by atoms with van der Waals surface area (Å²) >= 11 is 0. The number of phosphoric acid groups is 1. The van der Waals surface area contributed by atoms with E-state index in [4.69, 9.17) is 18.5 Å². The zero-order valence-electron chi connectivity index (χ0n) is 33.5. The predicted molar refractivity (Wildman–Crippen MR) is 216 cm³/mol. The number of carbonyl (C=O) groups is 2. The van der Waals surface area contributed by atoms with Crippen LogP contribution in [0.1, 0.15) is 188 Å². The molecule has 0 radical (unpaired) electrons. The van der Waals surface area contributed by atoms with Crippen molar-refractivity contribution in [2.24, 2.45) is 0 Å². The number of allylic oxidation sites excluding steroid dienone is 8. The molecule has 0 aliphatic heterocycles. The van der Waals surface area contributed by atoms with Crippen LogP contribution in [0.3, 0.4) is 0 Å². The first kappa shape index (κ1) is 50.0. The molecule has 1 N–H and O–H groups in total. The van der Waals surface area contributed by atoms with E-state index in [1.165, 1.54) is 64.2 Å². The second-order valence-electron chi connectivity index (χ2n) is 13.6. The summed E-state index contributed by atoms with van der Waals surface area (Å²) < 4.78 is 32.6. The van der Waals surface area contributed by atoms with Gasteiger partial charge in [0.2, 0.25) is 0 Å². The van der Waals surface area contributed by atoms with Gasteiger partial charge in [0.05, 0.1) is 13.2 Å². The number of ether oxygens (including phenoxy) is 2. The molecule has 8 nitrogen and oxygen atoms in total. The highest BCUT2D eigenvalue weighted by Gasteiger charge is 2.25.